The van der Waals surface area contributed by atoms with Gasteiger partial charge in [-0.15, -0.1) is 0 Å². The zero-order chi connectivity index (χ0) is 19.3. The number of benzene rings is 2. The van der Waals surface area contributed by atoms with Crippen LogP contribution >= 0.6 is 0 Å². The van der Waals surface area contributed by atoms with Gasteiger partial charge >= 0.3 is 5.97 Å². The normalized spacial score (nSPS) is 11.0. The van der Waals surface area contributed by atoms with Gasteiger partial charge in [0.2, 0.25) is 11.6 Å². The Balaban J connectivity index is 2.56. The molecule has 2 aromatic rings. The number of Topliss-reactive ketones (excluding diaryl/α,β-unsaturated/α-hetero) is 2. The zero-order valence-electron chi connectivity index (χ0n) is 14.7. The Morgan fingerprint density at radius 2 is 1.46 bits per heavy atom. The summed E-state index contributed by atoms with van der Waals surface area (Å²) < 4.78 is 5.29. The fourth-order valence-electron chi connectivity index (χ4n) is 2.49. The van der Waals surface area contributed by atoms with Gasteiger partial charge in [0.1, 0.15) is 5.75 Å². The second-order valence-electron chi connectivity index (χ2n) is 5.72. The molecule has 0 fully saturated rings. The van der Waals surface area contributed by atoms with E-state index < -0.39 is 17.5 Å². The van der Waals surface area contributed by atoms with E-state index in [1.165, 1.54) is 37.6 Å². The highest BCUT2D eigenvalue weighted by Gasteiger charge is 2.27. The first-order valence-corrected chi connectivity index (χ1v) is 7.79. The van der Waals surface area contributed by atoms with E-state index in [2.05, 4.69) is 0 Å². The van der Waals surface area contributed by atoms with Gasteiger partial charge in [0.25, 0.3) is 0 Å². The average molecular weight is 353 g/mol. The summed E-state index contributed by atoms with van der Waals surface area (Å²) >= 11 is 0. The van der Waals surface area contributed by atoms with Crippen LogP contribution in [0.5, 0.6) is 5.75 Å². The molecule has 0 unspecified atom stereocenters. The van der Waals surface area contributed by atoms with Crippen molar-refractivity contribution < 1.29 is 24.2 Å². The fraction of sp³-hybridized carbons (Fsp3) is 0.150. The van der Waals surface area contributed by atoms with Gasteiger partial charge in [0.15, 0.2) is 0 Å². The summed E-state index contributed by atoms with van der Waals surface area (Å²) in [7, 11) is 4.91. The van der Waals surface area contributed by atoms with Crippen LogP contribution in [0, 0.1) is 0 Å². The lowest BCUT2D eigenvalue weighted by Crippen LogP contribution is -2.21. The predicted octanol–water partition coefficient (Wildman–Crippen LogP) is 2.75. The number of hydrogen-bond donors (Lipinski definition) is 1. The maximum absolute atomic E-state index is 12.9. The maximum atomic E-state index is 12.9. The third kappa shape index (κ3) is 3.97. The molecule has 0 saturated carbocycles. The molecule has 6 nitrogen and oxygen atoms in total. The number of carbonyl (C=O) groups is 3. The minimum atomic E-state index is -1.27. The van der Waals surface area contributed by atoms with Crippen LogP contribution in [0.4, 0.5) is 0 Å². The summed E-state index contributed by atoms with van der Waals surface area (Å²) in [4.78, 5) is 38.7. The van der Waals surface area contributed by atoms with Gasteiger partial charge in [0, 0.05) is 31.4 Å². The third-order valence-corrected chi connectivity index (χ3v) is 3.64. The molecule has 0 atom stereocenters. The molecule has 0 spiro atoms. The molecule has 0 heterocycles. The van der Waals surface area contributed by atoms with Crippen LogP contribution < -0.4 is 4.74 Å². The maximum Gasteiger partial charge on any atom is 0.336 e. The zero-order valence-corrected chi connectivity index (χ0v) is 14.7. The summed E-state index contributed by atoms with van der Waals surface area (Å²) in [6, 6.07) is 12.5. The fourth-order valence-corrected chi connectivity index (χ4v) is 2.49. The molecule has 6 heteroatoms. The van der Waals surface area contributed by atoms with E-state index in [-0.39, 0.29) is 16.7 Å². The molecule has 134 valence electrons. The lowest BCUT2D eigenvalue weighted by Gasteiger charge is -2.14. The van der Waals surface area contributed by atoms with Crippen molar-refractivity contribution in [2.24, 2.45) is 0 Å². The number of ether oxygens (including phenoxy) is 1. The van der Waals surface area contributed by atoms with Crippen molar-refractivity contribution in [2.45, 2.75) is 0 Å². The standard InChI is InChI=1S/C20H19NO5/c1-21(2)12-16(13-8-6-7-11-17(13)26-3)19(23)18(22)14-9-4-5-10-15(14)20(24)25/h4-12H,1-3H3,(H,24,25). The summed E-state index contributed by atoms with van der Waals surface area (Å²) in [5.41, 5.74) is 0.215. The second kappa shape index (κ2) is 8.11. The number of carbonyl (C=O) groups excluding carboxylic acids is 2. The van der Waals surface area contributed by atoms with Crippen molar-refractivity contribution in [1.82, 2.24) is 4.90 Å². The van der Waals surface area contributed by atoms with Crippen molar-refractivity contribution in [3.63, 3.8) is 0 Å². The molecule has 2 rings (SSSR count). The Morgan fingerprint density at radius 3 is 2.00 bits per heavy atom. The van der Waals surface area contributed by atoms with Crippen LogP contribution in [-0.4, -0.2) is 48.7 Å². The van der Waals surface area contributed by atoms with E-state index in [9.17, 15) is 19.5 Å². The molecule has 0 aliphatic rings. The summed E-state index contributed by atoms with van der Waals surface area (Å²) in [5, 5.41) is 9.27. The smallest absolute Gasteiger partial charge is 0.336 e. The van der Waals surface area contributed by atoms with E-state index >= 15 is 0 Å². The van der Waals surface area contributed by atoms with Crippen LogP contribution in [-0.2, 0) is 4.79 Å². The highest BCUT2D eigenvalue weighted by molar-refractivity contribution is 6.58. The summed E-state index contributed by atoms with van der Waals surface area (Å²) in [6.45, 7) is 0. The van der Waals surface area contributed by atoms with Crippen molar-refractivity contribution in [1.29, 1.82) is 0 Å². The van der Waals surface area contributed by atoms with E-state index in [4.69, 9.17) is 4.74 Å². The minimum absolute atomic E-state index is 0.123. The molecule has 0 amide bonds. The molecule has 0 radical (unpaired) electrons. The van der Waals surface area contributed by atoms with Gasteiger partial charge in [-0.25, -0.2) is 4.79 Å². The van der Waals surface area contributed by atoms with Crippen LogP contribution in [0.25, 0.3) is 5.57 Å². The van der Waals surface area contributed by atoms with Crippen LogP contribution in [0.1, 0.15) is 26.3 Å². The SMILES string of the molecule is COc1ccccc1C(=CN(C)C)C(=O)C(=O)c1ccccc1C(=O)O. The number of carboxylic acids is 1. The molecule has 0 aromatic heterocycles. The molecule has 26 heavy (non-hydrogen) atoms. The monoisotopic (exact) mass is 353 g/mol. The molecule has 0 aliphatic carbocycles. The van der Waals surface area contributed by atoms with E-state index in [0.717, 1.165) is 0 Å². The topological polar surface area (TPSA) is 83.9 Å². The van der Waals surface area contributed by atoms with Gasteiger partial charge in [-0.05, 0) is 12.1 Å². The largest absolute Gasteiger partial charge is 0.496 e. The molecule has 0 saturated heterocycles. The number of carboxylic acid groups (broad SMARTS) is 1. The highest BCUT2D eigenvalue weighted by Crippen LogP contribution is 2.28. The van der Waals surface area contributed by atoms with E-state index in [1.807, 2.05) is 0 Å². The third-order valence-electron chi connectivity index (χ3n) is 3.64. The quantitative estimate of drug-likeness (QED) is 0.468. The lowest BCUT2D eigenvalue weighted by molar-refractivity contribution is -0.110. The first-order chi connectivity index (χ1) is 12.4. The van der Waals surface area contributed by atoms with Gasteiger partial charge in [0.05, 0.1) is 18.2 Å². The minimum Gasteiger partial charge on any atom is -0.496 e. The van der Waals surface area contributed by atoms with Crippen molar-refractivity contribution >= 4 is 23.1 Å². The second-order valence-corrected chi connectivity index (χ2v) is 5.72. The molecule has 0 bridgehead atoms. The van der Waals surface area contributed by atoms with Crippen molar-refractivity contribution in [2.75, 3.05) is 21.2 Å². The van der Waals surface area contributed by atoms with Crippen LogP contribution in [0.3, 0.4) is 0 Å². The number of para-hydroxylation sites is 1. The van der Waals surface area contributed by atoms with Crippen LogP contribution in [0.2, 0.25) is 0 Å². The van der Waals surface area contributed by atoms with E-state index in [0.29, 0.717) is 11.3 Å². The Bertz CT molecular complexity index is 883. The lowest BCUT2D eigenvalue weighted by atomic mass is 9.93. The molecule has 2 aromatic carbocycles. The van der Waals surface area contributed by atoms with Gasteiger partial charge in [-0.1, -0.05) is 36.4 Å². The average Bonchev–Trinajstić information content (AvgIpc) is 2.64. The number of ketones is 2. The Hall–Kier alpha value is -3.41. The number of aromatic carboxylic acids is 1. The Kier molecular flexibility index (Phi) is 5.90. The first kappa shape index (κ1) is 18.9. The van der Waals surface area contributed by atoms with E-state index in [1.54, 1.807) is 43.3 Å². The highest BCUT2D eigenvalue weighted by atomic mass is 16.5. The van der Waals surface area contributed by atoms with Gasteiger partial charge in [-0.3, -0.25) is 9.59 Å². The molecule has 0 aliphatic heterocycles. The predicted molar refractivity (Wildman–Crippen MR) is 97.4 cm³/mol. The number of hydrogen-bond acceptors (Lipinski definition) is 5. The van der Waals surface area contributed by atoms with Gasteiger partial charge < -0.3 is 14.7 Å². The number of nitrogens with zero attached hydrogens (tertiary/aromatic N) is 1. The number of allylic oxidation sites excluding steroid dienone is 1. The van der Waals surface area contributed by atoms with Crippen molar-refractivity contribution in [3.05, 3.63) is 71.4 Å². The Morgan fingerprint density at radius 1 is 0.923 bits per heavy atom. The van der Waals surface area contributed by atoms with Crippen LogP contribution in [0.15, 0.2) is 54.7 Å². The first-order valence-electron chi connectivity index (χ1n) is 7.79. The summed E-state index contributed by atoms with van der Waals surface area (Å²) in [5.74, 6) is -2.52. The van der Waals surface area contributed by atoms with Crippen molar-refractivity contribution in [3.8, 4) is 5.75 Å². The van der Waals surface area contributed by atoms with Gasteiger partial charge in [-0.2, -0.15) is 0 Å². The Labute approximate surface area is 151 Å². The molecule has 1 N–H and O–H groups in total. The molecular formula is C20H19NO5. The summed E-state index contributed by atoms with van der Waals surface area (Å²) in [6.07, 6.45) is 1.52. The number of rotatable bonds is 7. The molecular weight excluding hydrogens is 334 g/mol. The number of methoxy groups -OCH3 is 1.